The van der Waals surface area contributed by atoms with Crippen LogP contribution in [0.25, 0.3) is 10.9 Å². The van der Waals surface area contributed by atoms with E-state index < -0.39 is 0 Å². The monoisotopic (exact) mass is 451 g/mol. The third-order valence-corrected chi connectivity index (χ3v) is 5.56. The number of ether oxygens (including phenoxy) is 2. The molecule has 8 nitrogen and oxygen atoms in total. The van der Waals surface area contributed by atoms with E-state index in [1.165, 1.54) is 0 Å². The van der Waals surface area contributed by atoms with Crippen molar-refractivity contribution in [3.63, 3.8) is 0 Å². The molecule has 0 bridgehead atoms. The number of furan rings is 2. The Morgan fingerprint density at radius 3 is 2.44 bits per heavy atom. The maximum atomic E-state index is 12.9. The highest BCUT2D eigenvalue weighted by Gasteiger charge is 2.18. The largest absolute Gasteiger partial charge is 0.486 e. The number of pyridine rings is 1. The maximum Gasteiger partial charge on any atom is 0.253 e. The van der Waals surface area contributed by atoms with E-state index in [1.54, 1.807) is 18.6 Å². The molecule has 0 saturated heterocycles. The molecule has 2 N–H and O–H groups in total. The predicted octanol–water partition coefficient (Wildman–Crippen LogP) is 3.56. The zero-order valence-corrected chi connectivity index (χ0v) is 17.9. The van der Waals surface area contributed by atoms with Gasteiger partial charge in [0, 0.05) is 17.0 Å². The van der Waals surface area contributed by atoms with E-state index in [1.807, 2.05) is 41.3 Å². The number of rotatable bonds is 6. The molecule has 0 fully saturated rings. The molecule has 0 atom stereocenters. The Hall–Kier alpha value is -3.72. The van der Waals surface area contributed by atoms with Crippen molar-refractivity contribution in [1.29, 1.82) is 0 Å². The molecular weight excluding hydrogens is 430 g/mol. The lowest BCUT2D eigenvalue weighted by Crippen LogP contribution is -2.39. The third kappa shape index (κ3) is 4.33. The summed E-state index contributed by atoms with van der Waals surface area (Å²) < 4.78 is 22.2. The zero-order valence-electron chi connectivity index (χ0n) is 17.1. The first-order valence-corrected chi connectivity index (χ1v) is 10.6. The van der Waals surface area contributed by atoms with Crippen LogP contribution in [0.15, 0.2) is 68.6 Å². The Kier molecular flexibility index (Phi) is 5.55. The van der Waals surface area contributed by atoms with E-state index in [4.69, 9.17) is 30.5 Å². The predicted molar refractivity (Wildman–Crippen MR) is 122 cm³/mol. The van der Waals surface area contributed by atoms with Gasteiger partial charge in [-0.15, -0.1) is 0 Å². The fraction of sp³-hybridized carbons (Fsp3) is 0.217. The van der Waals surface area contributed by atoms with Crippen LogP contribution >= 0.6 is 12.2 Å². The molecule has 1 aliphatic rings. The highest BCUT2D eigenvalue weighted by Crippen LogP contribution is 2.33. The number of hydrogen-bond acceptors (Lipinski definition) is 6. The number of hydrogen-bond donors (Lipinski definition) is 2. The Labute approximate surface area is 188 Å². The normalized spacial score (nSPS) is 12.6. The Balaban J connectivity index is 1.41. The first-order chi connectivity index (χ1) is 15.7. The van der Waals surface area contributed by atoms with Crippen LogP contribution in [0.3, 0.4) is 0 Å². The molecule has 4 aromatic rings. The average molecular weight is 452 g/mol. The standard InChI is InChI=1S/C23H21N3O5S/c27-22-16(9-15-10-20-21(11-19(15)25-22)31-8-7-30-20)13-26(14-18-4-2-6-29-18)23(32)24-12-17-3-1-5-28-17/h1-6,9-11H,7-8,12-14H2,(H,24,32)(H,25,27). The molecule has 0 saturated carbocycles. The minimum absolute atomic E-state index is 0.188. The number of fused-ring (bicyclic) bond motifs is 2. The van der Waals surface area contributed by atoms with E-state index in [2.05, 4.69) is 10.3 Å². The molecule has 32 heavy (non-hydrogen) atoms. The van der Waals surface area contributed by atoms with Crippen molar-refractivity contribution in [2.45, 2.75) is 19.6 Å². The van der Waals surface area contributed by atoms with Gasteiger partial charge in [0.15, 0.2) is 16.6 Å². The lowest BCUT2D eigenvalue weighted by atomic mass is 10.1. The fourth-order valence-corrected chi connectivity index (χ4v) is 3.79. The lowest BCUT2D eigenvalue weighted by Gasteiger charge is -2.25. The fourth-order valence-electron chi connectivity index (χ4n) is 3.59. The summed E-state index contributed by atoms with van der Waals surface area (Å²) in [6.07, 6.45) is 3.23. The van der Waals surface area contributed by atoms with Crippen LogP contribution in [0.2, 0.25) is 0 Å². The number of nitrogens with one attached hydrogen (secondary N) is 2. The molecule has 0 radical (unpaired) electrons. The number of nitrogens with zero attached hydrogens (tertiary/aromatic N) is 1. The highest BCUT2D eigenvalue weighted by atomic mass is 32.1. The third-order valence-electron chi connectivity index (χ3n) is 5.15. The molecule has 5 rings (SSSR count). The molecule has 0 spiro atoms. The Morgan fingerprint density at radius 1 is 1.00 bits per heavy atom. The van der Waals surface area contributed by atoms with Gasteiger partial charge in [-0.2, -0.15) is 0 Å². The number of aromatic nitrogens is 1. The molecule has 164 valence electrons. The smallest absolute Gasteiger partial charge is 0.253 e. The molecule has 4 heterocycles. The summed E-state index contributed by atoms with van der Waals surface area (Å²) >= 11 is 5.62. The van der Waals surface area contributed by atoms with Gasteiger partial charge in [0.1, 0.15) is 24.7 Å². The number of benzene rings is 1. The van der Waals surface area contributed by atoms with Crippen LogP contribution in [0, 0.1) is 0 Å². The van der Waals surface area contributed by atoms with Crippen molar-refractivity contribution in [3.05, 3.63) is 82.4 Å². The van der Waals surface area contributed by atoms with Gasteiger partial charge in [0.05, 0.1) is 37.7 Å². The quantitative estimate of drug-likeness (QED) is 0.430. The molecule has 0 aliphatic carbocycles. The topological polar surface area (TPSA) is 92.9 Å². The maximum absolute atomic E-state index is 12.9. The van der Waals surface area contributed by atoms with E-state index in [-0.39, 0.29) is 5.56 Å². The van der Waals surface area contributed by atoms with Gasteiger partial charge in [0.25, 0.3) is 5.56 Å². The number of aromatic amines is 1. The second-order valence-corrected chi connectivity index (χ2v) is 7.77. The van der Waals surface area contributed by atoms with Crippen LogP contribution in [0.5, 0.6) is 11.5 Å². The Bertz CT molecular complexity index is 1280. The molecular formula is C23H21N3O5S. The van der Waals surface area contributed by atoms with Gasteiger partial charge in [-0.25, -0.2) is 0 Å². The summed E-state index contributed by atoms with van der Waals surface area (Å²) in [4.78, 5) is 17.7. The van der Waals surface area contributed by atoms with Crippen LogP contribution in [-0.4, -0.2) is 28.2 Å². The minimum Gasteiger partial charge on any atom is -0.486 e. The highest BCUT2D eigenvalue weighted by molar-refractivity contribution is 7.80. The molecule has 0 unspecified atom stereocenters. The second-order valence-electron chi connectivity index (χ2n) is 7.38. The SMILES string of the molecule is O=c1[nH]c2cc3c(cc2cc1CN(Cc1ccco1)C(=S)NCc1ccco1)OCCO3. The van der Waals surface area contributed by atoms with E-state index in [9.17, 15) is 4.79 Å². The molecule has 9 heteroatoms. The summed E-state index contributed by atoms with van der Waals surface area (Å²) in [5.41, 5.74) is 1.08. The summed E-state index contributed by atoms with van der Waals surface area (Å²) in [6, 6.07) is 12.9. The first kappa shape index (κ1) is 20.2. The van der Waals surface area contributed by atoms with E-state index >= 15 is 0 Å². The second kappa shape index (κ2) is 8.80. The summed E-state index contributed by atoms with van der Waals surface area (Å²) in [7, 11) is 0. The average Bonchev–Trinajstić information content (AvgIpc) is 3.50. The van der Waals surface area contributed by atoms with Crippen molar-refractivity contribution in [1.82, 2.24) is 15.2 Å². The van der Waals surface area contributed by atoms with Gasteiger partial charge >= 0.3 is 0 Å². The van der Waals surface area contributed by atoms with E-state index in [0.29, 0.717) is 60.5 Å². The van der Waals surface area contributed by atoms with Crippen molar-refractivity contribution in [3.8, 4) is 11.5 Å². The van der Waals surface area contributed by atoms with Crippen LogP contribution in [0.1, 0.15) is 17.1 Å². The van der Waals surface area contributed by atoms with Crippen molar-refractivity contribution < 1.29 is 18.3 Å². The molecule has 1 aliphatic heterocycles. The van der Waals surface area contributed by atoms with Crippen LogP contribution in [-0.2, 0) is 19.6 Å². The van der Waals surface area contributed by atoms with Crippen LogP contribution < -0.4 is 20.3 Å². The summed E-state index contributed by atoms with van der Waals surface area (Å²) in [6.45, 7) is 2.14. The van der Waals surface area contributed by atoms with Crippen molar-refractivity contribution in [2.75, 3.05) is 13.2 Å². The Morgan fingerprint density at radius 2 is 1.72 bits per heavy atom. The lowest BCUT2D eigenvalue weighted by molar-refractivity contribution is 0.172. The van der Waals surface area contributed by atoms with Crippen molar-refractivity contribution in [2.24, 2.45) is 0 Å². The van der Waals surface area contributed by atoms with Crippen molar-refractivity contribution >= 4 is 28.2 Å². The summed E-state index contributed by atoms with van der Waals surface area (Å²) in [5, 5.41) is 4.53. The minimum atomic E-state index is -0.188. The van der Waals surface area contributed by atoms with Gasteiger partial charge in [0.2, 0.25) is 0 Å². The van der Waals surface area contributed by atoms with E-state index in [0.717, 1.165) is 16.9 Å². The zero-order chi connectivity index (χ0) is 21.9. The molecule has 3 aromatic heterocycles. The number of H-pyrrole nitrogens is 1. The molecule has 0 amide bonds. The summed E-state index contributed by atoms with van der Waals surface area (Å²) in [5.74, 6) is 2.81. The van der Waals surface area contributed by atoms with Gasteiger partial charge in [-0.1, -0.05) is 0 Å². The first-order valence-electron chi connectivity index (χ1n) is 10.2. The molecule has 1 aromatic carbocycles. The van der Waals surface area contributed by atoms with Gasteiger partial charge in [-0.05, 0) is 48.6 Å². The van der Waals surface area contributed by atoms with Gasteiger partial charge < -0.3 is 33.5 Å². The van der Waals surface area contributed by atoms with Crippen LogP contribution in [0.4, 0.5) is 0 Å². The van der Waals surface area contributed by atoms with Gasteiger partial charge in [-0.3, -0.25) is 4.79 Å². The number of thiocarbonyl (C=S) groups is 1.